The van der Waals surface area contributed by atoms with Crippen LogP contribution in [-0.4, -0.2) is 35.3 Å². The Labute approximate surface area is 164 Å². The summed E-state index contributed by atoms with van der Waals surface area (Å²) in [6.07, 6.45) is 2.76. The molecule has 0 aromatic heterocycles. The van der Waals surface area contributed by atoms with Gasteiger partial charge in [-0.25, -0.2) is 4.39 Å². The predicted octanol–water partition coefficient (Wildman–Crippen LogP) is 4.49. The first-order valence-corrected chi connectivity index (χ1v) is 9.93. The number of likely N-dealkylation sites (tertiary alicyclic amines) is 2. The molecule has 1 spiro atoms. The number of benzene rings is 2. The van der Waals surface area contributed by atoms with Gasteiger partial charge in [-0.05, 0) is 67.7 Å². The molecule has 2 heterocycles. The molecule has 0 saturated carbocycles. The van der Waals surface area contributed by atoms with E-state index in [1.54, 1.807) is 0 Å². The molecular formula is C22H24ClFN2O. The van der Waals surface area contributed by atoms with Crippen molar-refractivity contribution in [1.82, 2.24) is 9.80 Å². The zero-order valence-electron chi connectivity index (χ0n) is 15.3. The van der Waals surface area contributed by atoms with Crippen molar-refractivity contribution in [2.75, 3.05) is 19.6 Å². The fourth-order valence-electron chi connectivity index (χ4n) is 4.30. The average molecular weight is 387 g/mol. The van der Waals surface area contributed by atoms with Gasteiger partial charge in [0.2, 0.25) is 5.91 Å². The summed E-state index contributed by atoms with van der Waals surface area (Å²) in [6.45, 7) is 4.14. The van der Waals surface area contributed by atoms with Gasteiger partial charge in [0.25, 0.3) is 0 Å². The second-order valence-electron chi connectivity index (χ2n) is 7.79. The molecule has 2 saturated heterocycles. The number of halogens is 2. The molecular weight excluding hydrogens is 363 g/mol. The molecule has 5 heteroatoms. The van der Waals surface area contributed by atoms with Crippen LogP contribution < -0.4 is 0 Å². The lowest BCUT2D eigenvalue weighted by Crippen LogP contribution is -2.44. The minimum atomic E-state index is -0.200. The molecule has 0 bridgehead atoms. The van der Waals surface area contributed by atoms with E-state index < -0.39 is 0 Å². The van der Waals surface area contributed by atoms with Crippen molar-refractivity contribution in [3.63, 3.8) is 0 Å². The lowest BCUT2D eigenvalue weighted by molar-refractivity contribution is -0.138. The maximum Gasteiger partial charge on any atom is 0.229 e. The van der Waals surface area contributed by atoms with E-state index in [4.69, 9.17) is 11.6 Å². The summed E-state index contributed by atoms with van der Waals surface area (Å²) in [6, 6.07) is 14.4. The van der Waals surface area contributed by atoms with E-state index in [0.717, 1.165) is 61.6 Å². The normalized spacial score (nSPS) is 19.8. The van der Waals surface area contributed by atoms with Crippen molar-refractivity contribution in [3.8, 4) is 0 Å². The quantitative estimate of drug-likeness (QED) is 0.772. The van der Waals surface area contributed by atoms with Gasteiger partial charge in [-0.1, -0.05) is 35.9 Å². The van der Waals surface area contributed by atoms with Crippen LogP contribution in [0, 0.1) is 11.2 Å². The van der Waals surface area contributed by atoms with Crippen LogP contribution in [0.25, 0.3) is 0 Å². The standard InChI is InChI=1S/C22H24ClFN2O/c23-19-5-1-18(2-6-19)16-26-14-11-22(21(26)27)9-12-25(13-10-22)15-17-3-7-20(24)8-4-17/h1-8H,9-16H2. The second-order valence-corrected chi connectivity index (χ2v) is 8.22. The van der Waals surface area contributed by atoms with Gasteiger partial charge in [0.1, 0.15) is 5.82 Å². The highest BCUT2D eigenvalue weighted by molar-refractivity contribution is 6.30. The molecule has 0 atom stereocenters. The maximum atomic E-state index is 13.1. The molecule has 142 valence electrons. The van der Waals surface area contributed by atoms with Crippen molar-refractivity contribution in [3.05, 3.63) is 70.5 Å². The third-order valence-corrected chi connectivity index (χ3v) is 6.27. The van der Waals surface area contributed by atoms with E-state index in [9.17, 15) is 9.18 Å². The number of rotatable bonds is 4. The highest BCUT2D eigenvalue weighted by Gasteiger charge is 2.47. The zero-order chi connectivity index (χ0) is 18.9. The fourth-order valence-corrected chi connectivity index (χ4v) is 4.43. The summed E-state index contributed by atoms with van der Waals surface area (Å²) in [5.74, 6) is 0.104. The van der Waals surface area contributed by atoms with E-state index in [-0.39, 0.29) is 11.2 Å². The van der Waals surface area contributed by atoms with Crippen LogP contribution in [0.5, 0.6) is 0 Å². The molecule has 0 radical (unpaired) electrons. The van der Waals surface area contributed by atoms with Crippen LogP contribution in [0.3, 0.4) is 0 Å². The summed E-state index contributed by atoms with van der Waals surface area (Å²) in [5.41, 5.74) is 2.05. The summed E-state index contributed by atoms with van der Waals surface area (Å²) in [7, 11) is 0. The Bertz CT molecular complexity index is 798. The van der Waals surface area contributed by atoms with E-state index in [0.29, 0.717) is 12.5 Å². The Morgan fingerprint density at radius 3 is 2.07 bits per heavy atom. The van der Waals surface area contributed by atoms with Crippen molar-refractivity contribution in [1.29, 1.82) is 0 Å². The van der Waals surface area contributed by atoms with Gasteiger partial charge in [0, 0.05) is 24.7 Å². The van der Waals surface area contributed by atoms with Crippen LogP contribution in [0.2, 0.25) is 5.02 Å². The Morgan fingerprint density at radius 1 is 0.852 bits per heavy atom. The molecule has 2 aromatic carbocycles. The van der Waals surface area contributed by atoms with Gasteiger partial charge >= 0.3 is 0 Å². The molecule has 0 aliphatic carbocycles. The van der Waals surface area contributed by atoms with Gasteiger partial charge in [-0.15, -0.1) is 0 Å². The van der Waals surface area contributed by atoms with Crippen LogP contribution in [0.1, 0.15) is 30.4 Å². The molecule has 1 amide bonds. The molecule has 2 aromatic rings. The molecule has 2 aliphatic heterocycles. The summed E-state index contributed by atoms with van der Waals surface area (Å²) in [4.78, 5) is 17.5. The Balaban J connectivity index is 1.34. The van der Waals surface area contributed by atoms with E-state index in [1.807, 2.05) is 41.3 Å². The number of nitrogens with zero attached hydrogens (tertiary/aromatic N) is 2. The summed E-state index contributed by atoms with van der Waals surface area (Å²) < 4.78 is 13.1. The first kappa shape index (κ1) is 18.5. The SMILES string of the molecule is O=C1N(Cc2ccc(Cl)cc2)CCC12CCN(Cc1ccc(F)cc1)CC2. The minimum Gasteiger partial charge on any atom is -0.338 e. The summed E-state index contributed by atoms with van der Waals surface area (Å²) >= 11 is 5.95. The topological polar surface area (TPSA) is 23.6 Å². The first-order chi connectivity index (χ1) is 13.0. The highest BCUT2D eigenvalue weighted by Crippen LogP contribution is 2.42. The largest absolute Gasteiger partial charge is 0.338 e. The Morgan fingerprint density at radius 2 is 1.41 bits per heavy atom. The Hall–Kier alpha value is -1.91. The number of carbonyl (C=O) groups is 1. The van der Waals surface area contributed by atoms with Crippen molar-refractivity contribution in [2.45, 2.75) is 32.4 Å². The smallest absolute Gasteiger partial charge is 0.229 e. The number of piperidine rings is 1. The first-order valence-electron chi connectivity index (χ1n) is 9.55. The van der Waals surface area contributed by atoms with Gasteiger partial charge in [0.05, 0.1) is 5.41 Å². The van der Waals surface area contributed by atoms with Crippen molar-refractivity contribution in [2.24, 2.45) is 5.41 Å². The van der Waals surface area contributed by atoms with Gasteiger partial charge < -0.3 is 4.90 Å². The van der Waals surface area contributed by atoms with E-state index in [1.165, 1.54) is 12.1 Å². The van der Waals surface area contributed by atoms with Crippen LogP contribution >= 0.6 is 11.6 Å². The number of carbonyl (C=O) groups excluding carboxylic acids is 1. The van der Waals surface area contributed by atoms with Crippen LogP contribution in [0.4, 0.5) is 4.39 Å². The number of hydrogen-bond acceptors (Lipinski definition) is 2. The van der Waals surface area contributed by atoms with Gasteiger partial charge in [-0.2, -0.15) is 0 Å². The highest BCUT2D eigenvalue weighted by atomic mass is 35.5. The molecule has 3 nitrogen and oxygen atoms in total. The zero-order valence-corrected chi connectivity index (χ0v) is 16.1. The molecule has 0 unspecified atom stereocenters. The third kappa shape index (κ3) is 4.02. The molecule has 27 heavy (non-hydrogen) atoms. The monoisotopic (exact) mass is 386 g/mol. The molecule has 4 rings (SSSR count). The van der Waals surface area contributed by atoms with E-state index in [2.05, 4.69) is 4.90 Å². The molecule has 0 N–H and O–H groups in total. The predicted molar refractivity (Wildman–Crippen MR) is 105 cm³/mol. The van der Waals surface area contributed by atoms with Crippen molar-refractivity contribution >= 4 is 17.5 Å². The lowest BCUT2D eigenvalue weighted by Gasteiger charge is -2.38. The Kier molecular flexibility index (Phi) is 5.20. The fraction of sp³-hybridized carbons (Fsp3) is 0.409. The lowest BCUT2D eigenvalue weighted by atomic mass is 9.77. The average Bonchev–Trinajstić information content (AvgIpc) is 2.97. The van der Waals surface area contributed by atoms with Crippen molar-refractivity contribution < 1.29 is 9.18 Å². The van der Waals surface area contributed by atoms with Crippen LogP contribution in [-0.2, 0) is 17.9 Å². The summed E-state index contributed by atoms with van der Waals surface area (Å²) in [5, 5.41) is 0.719. The number of amides is 1. The molecule has 2 fully saturated rings. The molecule has 2 aliphatic rings. The van der Waals surface area contributed by atoms with E-state index >= 15 is 0 Å². The van der Waals surface area contributed by atoms with Gasteiger partial charge in [-0.3, -0.25) is 9.69 Å². The van der Waals surface area contributed by atoms with Crippen LogP contribution in [0.15, 0.2) is 48.5 Å². The third-order valence-electron chi connectivity index (χ3n) is 6.02. The number of hydrogen-bond donors (Lipinski definition) is 0. The van der Waals surface area contributed by atoms with Gasteiger partial charge in [0.15, 0.2) is 0 Å². The minimum absolute atomic E-state index is 0.189. The maximum absolute atomic E-state index is 13.1. The second kappa shape index (κ2) is 7.61.